The summed E-state index contributed by atoms with van der Waals surface area (Å²) in [6.07, 6.45) is 11.4. The molecular formula is C45H71N5O8. The highest BCUT2D eigenvalue weighted by Crippen LogP contribution is 2.31. The lowest BCUT2D eigenvalue weighted by molar-refractivity contribution is -0.144. The summed E-state index contributed by atoms with van der Waals surface area (Å²) in [5, 5.41) is 9.10. The monoisotopic (exact) mass is 810 g/mol. The zero-order valence-electron chi connectivity index (χ0n) is 36.6. The molecule has 2 saturated carbocycles. The van der Waals surface area contributed by atoms with E-state index in [0.717, 1.165) is 32.1 Å². The van der Waals surface area contributed by atoms with Gasteiger partial charge >= 0.3 is 12.1 Å². The van der Waals surface area contributed by atoms with E-state index in [1.54, 1.807) is 56.9 Å². The molecule has 0 bridgehead atoms. The van der Waals surface area contributed by atoms with E-state index in [9.17, 15) is 28.8 Å². The van der Waals surface area contributed by atoms with Gasteiger partial charge in [0.2, 0.25) is 17.7 Å². The molecule has 0 spiro atoms. The van der Waals surface area contributed by atoms with Crippen molar-refractivity contribution < 1.29 is 38.2 Å². The number of benzene rings is 1. The summed E-state index contributed by atoms with van der Waals surface area (Å²) in [4.78, 5) is 83.8. The minimum absolute atomic E-state index is 0.0467. The Labute approximate surface area is 346 Å². The number of carbonyl (C=O) groups excluding carboxylic acids is 6. The molecule has 5 atom stereocenters. The molecule has 1 aromatic rings. The largest absolute Gasteiger partial charge is 0.460 e. The first-order valence-electron chi connectivity index (χ1n) is 21.7. The van der Waals surface area contributed by atoms with Gasteiger partial charge in [0.1, 0.15) is 30.3 Å². The molecule has 2 aliphatic carbocycles. The Morgan fingerprint density at radius 1 is 0.810 bits per heavy atom. The average Bonchev–Trinajstić information content (AvgIpc) is 3.69. The first-order chi connectivity index (χ1) is 27.3. The molecular weight excluding hydrogens is 739 g/mol. The lowest BCUT2D eigenvalue weighted by Crippen LogP contribution is -2.60. The number of likely N-dealkylation sites (N-methyl/N-ethyl adjacent to an activating group) is 1. The first kappa shape index (κ1) is 46.5. The van der Waals surface area contributed by atoms with Gasteiger partial charge in [-0.25, -0.2) is 9.59 Å². The Morgan fingerprint density at radius 3 is 2.02 bits per heavy atom. The van der Waals surface area contributed by atoms with E-state index >= 15 is 0 Å². The zero-order valence-corrected chi connectivity index (χ0v) is 36.6. The lowest BCUT2D eigenvalue weighted by atomic mass is 9.81. The molecule has 13 nitrogen and oxygen atoms in total. The number of rotatable bonds is 14. The SMILES string of the molecule is C[C@H](CNC(=O)c1cccc(C(=O)OC[C@@H](NC(=O)[C@@H]2CCCN2C(=O)[C@@H](NC(=O)[C@H](C)N(C)C(=O)OC(C)(C)C)C(C)(C)C)C2CCCCC2)c1)C1CCCCC1. The van der Waals surface area contributed by atoms with E-state index in [-0.39, 0.29) is 35.8 Å². The fourth-order valence-corrected chi connectivity index (χ4v) is 8.42. The fourth-order valence-electron chi connectivity index (χ4n) is 8.42. The van der Waals surface area contributed by atoms with Crippen LogP contribution in [-0.4, -0.2) is 102 Å². The van der Waals surface area contributed by atoms with Gasteiger partial charge in [0, 0.05) is 25.7 Å². The van der Waals surface area contributed by atoms with Crippen molar-refractivity contribution in [1.29, 1.82) is 0 Å². The van der Waals surface area contributed by atoms with Crippen LogP contribution in [0.2, 0.25) is 0 Å². The van der Waals surface area contributed by atoms with Crippen molar-refractivity contribution in [1.82, 2.24) is 25.8 Å². The predicted molar refractivity (Wildman–Crippen MR) is 223 cm³/mol. The molecule has 13 heteroatoms. The summed E-state index contributed by atoms with van der Waals surface area (Å²) < 4.78 is 11.3. The number of carbonyl (C=O) groups is 6. The van der Waals surface area contributed by atoms with Crippen LogP contribution in [0.3, 0.4) is 0 Å². The van der Waals surface area contributed by atoms with Crippen molar-refractivity contribution in [2.24, 2.45) is 23.2 Å². The van der Waals surface area contributed by atoms with Crippen molar-refractivity contribution in [2.75, 3.05) is 26.7 Å². The Morgan fingerprint density at radius 2 is 1.41 bits per heavy atom. The second-order valence-electron chi connectivity index (χ2n) is 19.0. The van der Waals surface area contributed by atoms with Gasteiger partial charge in [-0.3, -0.25) is 24.1 Å². The van der Waals surface area contributed by atoms with Crippen molar-refractivity contribution in [3.8, 4) is 0 Å². The third kappa shape index (κ3) is 13.2. The van der Waals surface area contributed by atoms with Gasteiger partial charge < -0.3 is 30.3 Å². The number of amides is 5. The highest BCUT2D eigenvalue weighted by atomic mass is 16.6. The van der Waals surface area contributed by atoms with E-state index < -0.39 is 53.2 Å². The molecule has 0 unspecified atom stereocenters. The predicted octanol–water partition coefficient (Wildman–Crippen LogP) is 6.63. The lowest BCUT2D eigenvalue weighted by Gasteiger charge is -2.37. The van der Waals surface area contributed by atoms with Crippen LogP contribution in [0, 0.1) is 23.2 Å². The van der Waals surface area contributed by atoms with Crippen LogP contribution in [0.25, 0.3) is 0 Å². The van der Waals surface area contributed by atoms with Crippen LogP contribution in [0.15, 0.2) is 24.3 Å². The van der Waals surface area contributed by atoms with Crippen molar-refractivity contribution in [2.45, 2.75) is 162 Å². The summed E-state index contributed by atoms with van der Waals surface area (Å²) in [7, 11) is 1.48. The summed E-state index contributed by atoms with van der Waals surface area (Å²) in [5.41, 5.74) is -0.810. The van der Waals surface area contributed by atoms with Gasteiger partial charge in [-0.2, -0.15) is 0 Å². The zero-order chi connectivity index (χ0) is 42.8. The van der Waals surface area contributed by atoms with E-state index in [1.807, 2.05) is 20.8 Å². The van der Waals surface area contributed by atoms with E-state index in [0.29, 0.717) is 43.3 Å². The molecule has 0 radical (unpaired) electrons. The van der Waals surface area contributed by atoms with Crippen LogP contribution in [0.4, 0.5) is 4.79 Å². The number of likely N-dealkylation sites (tertiary alicyclic amines) is 1. The fraction of sp³-hybridized carbons (Fsp3) is 0.733. The number of hydrogen-bond donors (Lipinski definition) is 3. The van der Waals surface area contributed by atoms with Crippen molar-refractivity contribution in [3.05, 3.63) is 35.4 Å². The second-order valence-corrected chi connectivity index (χ2v) is 19.0. The Kier molecular flexibility index (Phi) is 16.6. The molecule has 3 fully saturated rings. The van der Waals surface area contributed by atoms with Gasteiger partial charge in [0.25, 0.3) is 5.91 Å². The van der Waals surface area contributed by atoms with Crippen LogP contribution in [0.5, 0.6) is 0 Å². The van der Waals surface area contributed by atoms with Crippen LogP contribution in [0.1, 0.15) is 153 Å². The number of nitrogens with one attached hydrogen (secondary N) is 3. The molecule has 1 saturated heterocycles. The third-order valence-electron chi connectivity index (χ3n) is 12.2. The molecule has 1 aliphatic heterocycles. The summed E-state index contributed by atoms with van der Waals surface area (Å²) in [6.45, 7) is 15.4. The number of hydrogen-bond acceptors (Lipinski definition) is 8. The molecule has 324 valence electrons. The molecule has 0 aromatic heterocycles. The smallest absolute Gasteiger partial charge is 0.410 e. The second kappa shape index (κ2) is 20.7. The summed E-state index contributed by atoms with van der Waals surface area (Å²) >= 11 is 0. The van der Waals surface area contributed by atoms with E-state index in [1.165, 1.54) is 44.1 Å². The van der Waals surface area contributed by atoms with Gasteiger partial charge in [-0.15, -0.1) is 0 Å². The topological polar surface area (TPSA) is 163 Å². The Balaban J connectivity index is 1.40. The summed E-state index contributed by atoms with van der Waals surface area (Å²) in [6, 6.07) is 3.41. The third-order valence-corrected chi connectivity index (χ3v) is 12.2. The number of esters is 1. The molecule has 3 aliphatic rings. The maximum absolute atomic E-state index is 14.3. The quantitative estimate of drug-likeness (QED) is 0.176. The molecule has 58 heavy (non-hydrogen) atoms. The van der Waals surface area contributed by atoms with Gasteiger partial charge in [-0.1, -0.05) is 85.1 Å². The normalized spacial score (nSPS) is 20.2. The molecule has 3 N–H and O–H groups in total. The Hall–Kier alpha value is -4.16. The summed E-state index contributed by atoms with van der Waals surface area (Å²) in [5.74, 6) is -0.930. The van der Waals surface area contributed by atoms with Gasteiger partial charge in [0.05, 0.1) is 11.6 Å². The van der Waals surface area contributed by atoms with Gasteiger partial charge in [0.15, 0.2) is 0 Å². The number of nitrogens with zero attached hydrogens (tertiary/aromatic N) is 2. The average molecular weight is 810 g/mol. The highest BCUT2D eigenvalue weighted by Gasteiger charge is 2.43. The molecule has 1 aromatic carbocycles. The Bertz CT molecular complexity index is 1590. The highest BCUT2D eigenvalue weighted by molar-refractivity contribution is 5.98. The van der Waals surface area contributed by atoms with Crippen LogP contribution < -0.4 is 16.0 Å². The standard InChI is InChI=1S/C45H71N5O8/c1-29(31-18-12-10-13-19-31)27-46-39(52)33-22-16-23-34(26-33)42(55)57-28-35(32-20-14-11-15-21-32)47-40(53)36-24-17-25-50(36)41(54)37(44(3,4)5)48-38(51)30(2)49(9)43(56)58-45(6,7)8/h16,22-23,26,29-32,35-37H,10-15,17-21,24-25,27-28H2,1-9H3,(H,46,52)(H,47,53)(H,48,51)/t29-,30+,35-,36+,37-/m1/s1. The van der Waals surface area contributed by atoms with Crippen molar-refractivity contribution >= 4 is 35.7 Å². The van der Waals surface area contributed by atoms with Gasteiger partial charge in [-0.05, 0) is 94.7 Å². The molecule has 5 amide bonds. The minimum atomic E-state index is -0.976. The maximum atomic E-state index is 14.3. The number of ether oxygens (including phenoxy) is 2. The maximum Gasteiger partial charge on any atom is 0.410 e. The van der Waals surface area contributed by atoms with Crippen LogP contribution >= 0.6 is 0 Å². The van der Waals surface area contributed by atoms with E-state index in [2.05, 4.69) is 22.9 Å². The van der Waals surface area contributed by atoms with Crippen LogP contribution in [-0.2, 0) is 23.9 Å². The molecule has 1 heterocycles. The molecule has 4 rings (SSSR count). The van der Waals surface area contributed by atoms with E-state index in [4.69, 9.17) is 9.47 Å². The first-order valence-corrected chi connectivity index (χ1v) is 21.7. The minimum Gasteiger partial charge on any atom is -0.460 e. The van der Waals surface area contributed by atoms with Crippen molar-refractivity contribution in [3.63, 3.8) is 0 Å².